The van der Waals surface area contributed by atoms with E-state index in [2.05, 4.69) is 15.4 Å². The second-order valence-corrected chi connectivity index (χ2v) is 5.70. The molecule has 7 nitrogen and oxygen atoms in total. The van der Waals surface area contributed by atoms with Gasteiger partial charge in [-0.2, -0.15) is 5.10 Å². The first kappa shape index (κ1) is 15.9. The van der Waals surface area contributed by atoms with Gasteiger partial charge < -0.3 is 5.32 Å². The molecule has 0 radical (unpaired) electrons. The molecule has 2 heterocycles. The molecule has 1 unspecified atom stereocenters. The zero-order valence-electron chi connectivity index (χ0n) is 13.6. The van der Waals surface area contributed by atoms with Crippen molar-refractivity contribution in [1.29, 1.82) is 0 Å². The molecule has 7 heteroatoms. The third-order valence-electron chi connectivity index (χ3n) is 3.97. The number of hydrogen-bond donors (Lipinski definition) is 1. The molecule has 0 spiro atoms. The van der Waals surface area contributed by atoms with Crippen molar-refractivity contribution < 1.29 is 4.79 Å². The third kappa shape index (κ3) is 3.19. The van der Waals surface area contributed by atoms with Crippen LogP contribution in [0, 0.1) is 0 Å². The quantitative estimate of drug-likeness (QED) is 0.769. The first-order chi connectivity index (χ1) is 11.6. The van der Waals surface area contributed by atoms with Crippen LogP contribution in [-0.4, -0.2) is 25.2 Å². The van der Waals surface area contributed by atoms with E-state index in [1.54, 1.807) is 11.7 Å². The third-order valence-corrected chi connectivity index (χ3v) is 3.97. The molecule has 3 rings (SSSR count). The summed E-state index contributed by atoms with van der Waals surface area (Å²) in [6, 6.07) is 9.67. The van der Waals surface area contributed by atoms with Gasteiger partial charge >= 0.3 is 0 Å². The van der Waals surface area contributed by atoms with Crippen LogP contribution in [0.1, 0.15) is 24.9 Å². The van der Waals surface area contributed by atoms with Crippen LogP contribution in [0.2, 0.25) is 0 Å². The summed E-state index contributed by atoms with van der Waals surface area (Å²) in [5, 5.41) is 7.42. The Labute approximate surface area is 138 Å². The molecular formula is C17H19N5O2. The van der Waals surface area contributed by atoms with Crippen LogP contribution in [0.25, 0.3) is 11.0 Å². The molecule has 1 aromatic carbocycles. The van der Waals surface area contributed by atoms with Crippen molar-refractivity contribution in [2.75, 3.05) is 0 Å². The van der Waals surface area contributed by atoms with Crippen molar-refractivity contribution in [3.05, 3.63) is 58.8 Å². The SMILES string of the molecule is CC(NC(=O)CCn1cnc2c(cnn2C)c1=O)c1ccccc1. The van der Waals surface area contributed by atoms with Crippen molar-refractivity contribution in [3.8, 4) is 0 Å². The summed E-state index contributed by atoms with van der Waals surface area (Å²) in [5.41, 5.74) is 1.40. The summed E-state index contributed by atoms with van der Waals surface area (Å²) < 4.78 is 2.99. The van der Waals surface area contributed by atoms with E-state index in [-0.39, 0.29) is 30.5 Å². The molecule has 0 aliphatic rings. The minimum atomic E-state index is -0.183. The van der Waals surface area contributed by atoms with Crippen molar-refractivity contribution in [2.24, 2.45) is 7.05 Å². The highest BCUT2D eigenvalue weighted by Gasteiger charge is 2.11. The Kier molecular flexibility index (Phi) is 4.41. The second kappa shape index (κ2) is 6.66. The van der Waals surface area contributed by atoms with E-state index in [1.807, 2.05) is 37.3 Å². The summed E-state index contributed by atoms with van der Waals surface area (Å²) >= 11 is 0. The summed E-state index contributed by atoms with van der Waals surface area (Å²) in [5.74, 6) is -0.107. The largest absolute Gasteiger partial charge is 0.350 e. The highest BCUT2D eigenvalue weighted by Crippen LogP contribution is 2.11. The van der Waals surface area contributed by atoms with E-state index in [0.717, 1.165) is 5.56 Å². The van der Waals surface area contributed by atoms with Gasteiger partial charge in [0.25, 0.3) is 5.56 Å². The maximum absolute atomic E-state index is 12.3. The van der Waals surface area contributed by atoms with Gasteiger partial charge in [0.2, 0.25) is 5.91 Å². The van der Waals surface area contributed by atoms with Crippen LogP contribution in [-0.2, 0) is 18.4 Å². The summed E-state index contributed by atoms with van der Waals surface area (Å²) in [4.78, 5) is 28.7. The Morgan fingerprint density at radius 1 is 1.29 bits per heavy atom. The number of carbonyl (C=O) groups excluding carboxylic acids is 1. The number of aryl methyl sites for hydroxylation is 2. The zero-order chi connectivity index (χ0) is 17.1. The number of carbonyl (C=O) groups is 1. The average Bonchev–Trinajstić information content (AvgIpc) is 2.97. The lowest BCUT2D eigenvalue weighted by atomic mass is 10.1. The number of aromatic nitrogens is 4. The van der Waals surface area contributed by atoms with Gasteiger partial charge in [0.15, 0.2) is 5.65 Å². The summed E-state index contributed by atoms with van der Waals surface area (Å²) in [7, 11) is 1.73. The Bertz CT molecular complexity index is 914. The molecule has 3 aromatic rings. The standard InChI is InChI=1S/C17H19N5O2/c1-12(13-6-4-3-5-7-13)20-15(23)8-9-22-11-18-16-14(17(22)24)10-19-21(16)2/h3-7,10-12H,8-9H2,1-2H3,(H,20,23). The number of rotatable bonds is 5. The molecule has 1 atom stereocenters. The predicted octanol–water partition coefficient (Wildman–Crippen LogP) is 1.40. The second-order valence-electron chi connectivity index (χ2n) is 5.70. The van der Waals surface area contributed by atoms with Crippen molar-refractivity contribution in [1.82, 2.24) is 24.6 Å². The molecule has 1 N–H and O–H groups in total. The van der Waals surface area contributed by atoms with E-state index >= 15 is 0 Å². The highest BCUT2D eigenvalue weighted by atomic mass is 16.2. The van der Waals surface area contributed by atoms with Gasteiger partial charge in [0.05, 0.1) is 18.6 Å². The Morgan fingerprint density at radius 2 is 2.04 bits per heavy atom. The molecule has 0 fully saturated rings. The molecular weight excluding hydrogens is 306 g/mol. The monoisotopic (exact) mass is 325 g/mol. The van der Waals surface area contributed by atoms with Crippen LogP contribution in [0.3, 0.4) is 0 Å². The van der Waals surface area contributed by atoms with Crippen molar-refractivity contribution in [2.45, 2.75) is 25.9 Å². The zero-order valence-corrected chi connectivity index (χ0v) is 13.6. The van der Waals surface area contributed by atoms with Crippen molar-refractivity contribution in [3.63, 3.8) is 0 Å². The van der Waals surface area contributed by atoms with E-state index < -0.39 is 0 Å². The van der Waals surface area contributed by atoms with Crippen LogP contribution < -0.4 is 10.9 Å². The van der Waals surface area contributed by atoms with Crippen LogP contribution in [0.4, 0.5) is 0 Å². The molecule has 24 heavy (non-hydrogen) atoms. The smallest absolute Gasteiger partial charge is 0.264 e. The normalized spacial score (nSPS) is 12.2. The molecule has 0 aliphatic carbocycles. The molecule has 2 aromatic heterocycles. The summed E-state index contributed by atoms with van der Waals surface area (Å²) in [6.45, 7) is 2.21. The molecule has 0 saturated heterocycles. The number of nitrogens with zero attached hydrogens (tertiary/aromatic N) is 4. The Morgan fingerprint density at radius 3 is 2.79 bits per heavy atom. The van der Waals surface area contributed by atoms with Gasteiger partial charge in [-0.25, -0.2) is 4.98 Å². The number of nitrogens with one attached hydrogen (secondary N) is 1. The first-order valence-electron chi connectivity index (χ1n) is 7.77. The maximum Gasteiger partial charge on any atom is 0.264 e. The number of hydrogen-bond acceptors (Lipinski definition) is 4. The van der Waals surface area contributed by atoms with Gasteiger partial charge in [0.1, 0.15) is 5.39 Å². The lowest BCUT2D eigenvalue weighted by Crippen LogP contribution is -2.29. The van der Waals surface area contributed by atoms with E-state index in [4.69, 9.17) is 0 Å². The van der Waals surface area contributed by atoms with Crippen LogP contribution in [0.5, 0.6) is 0 Å². The lowest BCUT2D eigenvalue weighted by Gasteiger charge is -2.14. The first-order valence-corrected chi connectivity index (χ1v) is 7.77. The van der Waals surface area contributed by atoms with Gasteiger partial charge in [-0.1, -0.05) is 30.3 Å². The predicted molar refractivity (Wildman–Crippen MR) is 90.4 cm³/mol. The van der Waals surface area contributed by atoms with Gasteiger partial charge in [-0.3, -0.25) is 18.8 Å². The average molecular weight is 325 g/mol. The minimum Gasteiger partial charge on any atom is -0.350 e. The number of amides is 1. The fourth-order valence-electron chi connectivity index (χ4n) is 2.59. The van der Waals surface area contributed by atoms with E-state index in [1.165, 1.54) is 17.1 Å². The topological polar surface area (TPSA) is 81.8 Å². The van der Waals surface area contributed by atoms with Crippen molar-refractivity contribution >= 4 is 16.9 Å². The van der Waals surface area contributed by atoms with Crippen LogP contribution >= 0.6 is 0 Å². The number of fused-ring (bicyclic) bond motifs is 1. The fraction of sp³-hybridized carbons (Fsp3) is 0.294. The number of benzene rings is 1. The molecule has 0 bridgehead atoms. The molecule has 0 aliphatic heterocycles. The van der Waals surface area contributed by atoms with Crippen LogP contribution in [0.15, 0.2) is 47.7 Å². The van der Waals surface area contributed by atoms with E-state index in [0.29, 0.717) is 11.0 Å². The van der Waals surface area contributed by atoms with Gasteiger partial charge in [-0.15, -0.1) is 0 Å². The molecule has 124 valence electrons. The fourth-order valence-corrected chi connectivity index (χ4v) is 2.59. The highest BCUT2D eigenvalue weighted by molar-refractivity contribution is 5.76. The van der Waals surface area contributed by atoms with Gasteiger partial charge in [-0.05, 0) is 12.5 Å². The maximum atomic E-state index is 12.3. The Balaban J connectivity index is 1.64. The van der Waals surface area contributed by atoms with E-state index in [9.17, 15) is 9.59 Å². The lowest BCUT2D eigenvalue weighted by molar-refractivity contribution is -0.121. The minimum absolute atomic E-state index is 0.0747. The molecule has 1 amide bonds. The molecule has 0 saturated carbocycles. The summed E-state index contributed by atoms with van der Waals surface area (Å²) in [6.07, 6.45) is 3.17. The Hall–Kier alpha value is -2.96. The van der Waals surface area contributed by atoms with Gasteiger partial charge in [0, 0.05) is 20.0 Å².